The van der Waals surface area contributed by atoms with Gasteiger partial charge < -0.3 is 10.6 Å². The van der Waals surface area contributed by atoms with Crippen molar-refractivity contribution in [2.24, 2.45) is 0 Å². The number of piperidine rings is 1. The van der Waals surface area contributed by atoms with Crippen molar-refractivity contribution in [1.29, 1.82) is 0 Å². The van der Waals surface area contributed by atoms with Gasteiger partial charge in [0.05, 0.1) is 0 Å². The Balaban J connectivity index is 0.00000120. The van der Waals surface area contributed by atoms with Crippen LogP contribution in [0.1, 0.15) is 43.6 Å². The third-order valence-corrected chi connectivity index (χ3v) is 4.53. The minimum Gasteiger partial charge on any atom is -0.399 e. The van der Waals surface area contributed by atoms with Gasteiger partial charge in [-0.25, -0.2) is 0 Å². The summed E-state index contributed by atoms with van der Waals surface area (Å²) in [5, 5.41) is 0. The van der Waals surface area contributed by atoms with Crippen LogP contribution in [0.3, 0.4) is 0 Å². The number of nitrogens with zero attached hydrogens (tertiary/aromatic N) is 1. The molecule has 0 amide bonds. The molecule has 3 rings (SSSR count). The molecular weight excluding hydrogens is 244 g/mol. The molecule has 1 aliphatic carbocycles. The molecule has 1 aromatic carbocycles. The number of likely N-dealkylation sites (tertiary alicyclic amines) is 1. The van der Waals surface area contributed by atoms with Crippen molar-refractivity contribution in [2.45, 2.75) is 44.1 Å². The Hall–Kier alpha value is -0.730. The molecule has 2 N–H and O–H groups in total. The first-order valence-corrected chi connectivity index (χ1v) is 6.92. The second-order valence-corrected chi connectivity index (χ2v) is 5.56. The summed E-state index contributed by atoms with van der Waals surface area (Å²) in [7, 11) is 0. The van der Waals surface area contributed by atoms with E-state index in [9.17, 15) is 0 Å². The molecule has 1 aromatic rings. The number of hydrogen-bond acceptors (Lipinski definition) is 2. The van der Waals surface area contributed by atoms with Crippen LogP contribution in [0.25, 0.3) is 0 Å². The summed E-state index contributed by atoms with van der Waals surface area (Å²) in [4.78, 5) is 2.71. The average molecular weight is 267 g/mol. The standard InChI is InChI=1S/C15H22N2.ClH/c16-14-6-4-12(5-7-14)13-8-10-17(11-9-13)15-2-1-3-15;/h4-7,13,15H,1-3,8-11,16H2;1H. The van der Waals surface area contributed by atoms with Gasteiger partial charge >= 0.3 is 0 Å². The Labute approximate surface area is 116 Å². The Kier molecular flexibility index (Phi) is 4.52. The zero-order chi connectivity index (χ0) is 11.7. The summed E-state index contributed by atoms with van der Waals surface area (Å²) in [6.07, 6.45) is 6.96. The molecule has 0 aromatic heterocycles. The van der Waals surface area contributed by atoms with E-state index >= 15 is 0 Å². The predicted octanol–water partition coefficient (Wildman–Crippen LogP) is 3.42. The number of anilines is 1. The number of halogens is 1. The summed E-state index contributed by atoms with van der Waals surface area (Å²) >= 11 is 0. The summed E-state index contributed by atoms with van der Waals surface area (Å²) in [6, 6.07) is 9.40. The zero-order valence-electron chi connectivity index (χ0n) is 10.8. The highest BCUT2D eigenvalue weighted by Gasteiger charge is 2.28. The third kappa shape index (κ3) is 2.81. The number of nitrogens with two attached hydrogens (primary N) is 1. The van der Waals surface area contributed by atoms with E-state index in [0.717, 1.165) is 17.6 Å². The number of hydrogen-bond donors (Lipinski definition) is 1. The Morgan fingerprint density at radius 2 is 1.56 bits per heavy atom. The van der Waals surface area contributed by atoms with Crippen LogP contribution in [-0.2, 0) is 0 Å². The van der Waals surface area contributed by atoms with Crippen LogP contribution in [-0.4, -0.2) is 24.0 Å². The summed E-state index contributed by atoms with van der Waals surface area (Å²) in [5.41, 5.74) is 8.09. The fraction of sp³-hybridized carbons (Fsp3) is 0.600. The first kappa shape index (κ1) is 13.7. The van der Waals surface area contributed by atoms with Crippen molar-refractivity contribution >= 4 is 18.1 Å². The third-order valence-electron chi connectivity index (χ3n) is 4.53. The molecule has 2 nitrogen and oxygen atoms in total. The highest BCUT2D eigenvalue weighted by Crippen LogP contribution is 2.33. The summed E-state index contributed by atoms with van der Waals surface area (Å²) in [6.45, 7) is 2.58. The van der Waals surface area contributed by atoms with Gasteiger partial charge in [0, 0.05) is 11.7 Å². The molecule has 3 heteroatoms. The van der Waals surface area contributed by atoms with E-state index in [1.807, 2.05) is 12.1 Å². The van der Waals surface area contributed by atoms with Crippen molar-refractivity contribution in [3.05, 3.63) is 29.8 Å². The van der Waals surface area contributed by atoms with Crippen molar-refractivity contribution in [1.82, 2.24) is 4.90 Å². The van der Waals surface area contributed by atoms with Crippen LogP contribution in [0.15, 0.2) is 24.3 Å². The predicted molar refractivity (Wildman–Crippen MR) is 79.3 cm³/mol. The van der Waals surface area contributed by atoms with E-state index in [1.165, 1.54) is 50.8 Å². The first-order valence-electron chi connectivity index (χ1n) is 6.92. The minimum atomic E-state index is 0. The molecule has 18 heavy (non-hydrogen) atoms. The normalized spacial score (nSPS) is 22.2. The molecule has 0 atom stereocenters. The van der Waals surface area contributed by atoms with Crippen LogP contribution in [0, 0.1) is 0 Å². The van der Waals surface area contributed by atoms with Crippen molar-refractivity contribution in [3.8, 4) is 0 Å². The smallest absolute Gasteiger partial charge is 0.0314 e. The monoisotopic (exact) mass is 266 g/mol. The van der Waals surface area contributed by atoms with Gasteiger partial charge in [0.15, 0.2) is 0 Å². The van der Waals surface area contributed by atoms with Gasteiger partial charge in [0.2, 0.25) is 0 Å². The van der Waals surface area contributed by atoms with Gasteiger partial charge in [-0.15, -0.1) is 12.4 Å². The Morgan fingerprint density at radius 3 is 2.06 bits per heavy atom. The van der Waals surface area contributed by atoms with Gasteiger partial charge in [0.1, 0.15) is 0 Å². The molecule has 0 bridgehead atoms. The second-order valence-electron chi connectivity index (χ2n) is 5.56. The molecule has 2 fully saturated rings. The molecular formula is C15H23ClN2. The number of nitrogen functional groups attached to an aromatic ring is 1. The van der Waals surface area contributed by atoms with E-state index in [4.69, 9.17) is 5.73 Å². The first-order chi connectivity index (χ1) is 8.33. The molecule has 0 radical (unpaired) electrons. The van der Waals surface area contributed by atoms with Crippen molar-refractivity contribution in [2.75, 3.05) is 18.8 Å². The molecule has 1 heterocycles. The molecule has 1 saturated carbocycles. The van der Waals surface area contributed by atoms with Crippen LogP contribution >= 0.6 is 12.4 Å². The van der Waals surface area contributed by atoms with E-state index in [-0.39, 0.29) is 12.4 Å². The van der Waals surface area contributed by atoms with Crippen molar-refractivity contribution < 1.29 is 0 Å². The Bertz CT molecular complexity index is 365. The molecule has 0 spiro atoms. The van der Waals surface area contributed by atoms with Crippen LogP contribution in [0.4, 0.5) is 5.69 Å². The largest absolute Gasteiger partial charge is 0.399 e. The molecule has 1 aliphatic heterocycles. The summed E-state index contributed by atoms with van der Waals surface area (Å²) in [5.74, 6) is 0.756. The topological polar surface area (TPSA) is 29.3 Å². The molecule has 100 valence electrons. The SMILES string of the molecule is Cl.Nc1ccc(C2CCN(C3CCC3)CC2)cc1. The number of rotatable bonds is 2. The fourth-order valence-corrected chi connectivity index (χ4v) is 3.12. The van der Waals surface area contributed by atoms with Crippen LogP contribution in [0.5, 0.6) is 0 Å². The maximum atomic E-state index is 5.74. The highest BCUT2D eigenvalue weighted by molar-refractivity contribution is 5.85. The minimum absolute atomic E-state index is 0. The van der Waals surface area contributed by atoms with Gasteiger partial charge in [-0.2, -0.15) is 0 Å². The maximum absolute atomic E-state index is 5.74. The highest BCUT2D eigenvalue weighted by atomic mass is 35.5. The van der Waals surface area contributed by atoms with E-state index in [1.54, 1.807) is 0 Å². The van der Waals surface area contributed by atoms with Gasteiger partial charge in [0.25, 0.3) is 0 Å². The zero-order valence-corrected chi connectivity index (χ0v) is 11.7. The lowest BCUT2D eigenvalue weighted by Gasteiger charge is -2.41. The van der Waals surface area contributed by atoms with E-state index in [0.29, 0.717) is 0 Å². The number of benzene rings is 1. The second kappa shape index (κ2) is 5.94. The lowest BCUT2D eigenvalue weighted by molar-refractivity contribution is 0.0975. The van der Waals surface area contributed by atoms with Gasteiger partial charge in [-0.3, -0.25) is 0 Å². The Morgan fingerprint density at radius 1 is 0.944 bits per heavy atom. The average Bonchev–Trinajstić information content (AvgIpc) is 2.29. The van der Waals surface area contributed by atoms with Crippen LogP contribution < -0.4 is 5.73 Å². The molecule has 0 unspecified atom stereocenters. The van der Waals surface area contributed by atoms with E-state index in [2.05, 4.69) is 17.0 Å². The lowest BCUT2D eigenvalue weighted by atomic mass is 9.85. The molecule has 2 aliphatic rings. The van der Waals surface area contributed by atoms with Gasteiger partial charge in [-0.05, 0) is 62.4 Å². The maximum Gasteiger partial charge on any atom is 0.0314 e. The quantitative estimate of drug-likeness (QED) is 0.831. The van der Waals surface area contributed by atoms with Crippen molar-refractivity contribution in [3.63, 3.8) is 0 Å². The summed E-state index contributed by atoms with van der Waals surface area (Å²) < 4.78 is 0. The molecule has 1 saturated heterocycles. The fourth-order valence-electron chi connectivity index (χ4n) is 3.12. The van der Waals surface area contributed by atoms with Gasteiger partial charge in [-0.1, -0.05) is 18.6 Å². The lowest BCUT2D eigenvalue weighted by Crippen LogP contribution is -2.44. The van der Waals surface area contributed by atoms with Crippen LogP contribution in [0.2, 0.25) is 0 Å². The van der Waals surface area contributed by atoms with E-state index < -0.39 is 0 Å².